The highest BCUT2D eigenvalue weighted by Gasteiger charge is 2.38. The van der Waals surface area contributed by atoms with Crippen LogP contribution >= 0.6 is 34.2 Å². The van der Waals surface area contributed by atoms with E-state index >= 15 is 0 Å². The van der Waals surface area contributed by atoms with Crippen LogP contribution in [0, 0.1) is 3.57 Å². The SMILES string of the molecule is FC(F)c1ncc(Cl)c(C(F)(F)F)c1I. The van der Waals surface area contributed by atoms with E-state index < -0.39 is 32.5 Å². The lowest BCUT2D eigenvalue weighted by atomic mass is 10.2. The van der Waals surface area contributed by atoms with Crippen LogP contribution in [0.2, 0.25) is 5.02 Å². The topological polar surface area (TPSA) is 12.9 Å². The molecular formula is C7H2ClF5IN. The Morgan fingerprint density at radius 3 is 2.27 bits per heavy atom. The van der Waals surface area contributed by atoms with Crippen LogP contribution in [0.15, 0.2) is 6.20 Å². The molecule has 1 rings (SSSR count). The fourth-order valence-corrected chi connectivity index (χ4v) is 2.27. The second-order valence-electron chi connectivity index (χ2n) is 2.48. The van der Waals surface area contributed by atoms with E-state index in [0.29, 0.717) is 6.20 Å². The summed E-state index contributed by atoms with van der Waals surface area (Å²) in [7, 11) is 0. The summed E-state index contributed by atoms with van der Waals surface area (Å²) in [6.45, 7) is 0. The first-order chi connectivity index (χ1) is 6.75. The van der Waals surface area contributed by atoms with Gasteiger partial charge in [0, 0.05) is 6.20 Å². The van der Waals surface area contributed by atoms with Crippen molar-refractivity contribution < 1.29 is 22.0 Å². The molecular weight excluding hydrogens is 355 g/mol. The van der Waals surface area contributed by atoms with Crippen molar-refractivity contribution in [2.75, 3.05) is 0 Å². The molecule has 0 saturated heterocycles. The predicted molar refractivity (Wildman–Crippen MR) is 51.9 cm³/mol. The molecule has 0 radical (unpaired) electrons. The molecule has 0 spiro atoms. The summed E-state index contributed by atoms with van der Waals surface area (Å²) in [4.78, 5) is 3.16. The third-order valence-corrected chi connectivity index (χ3v) is 2.87. The Bertz CT molecular complexity index is 378. The van der Waals surface area contributed by atoms with Gasteiger partial charge in [-0.25, -0.2) is 8.78 Å². The number of hydrogen-bond donors (Lipinski definition) is 0. The van der Waals surface area contributed by atoms with Gasteiger partial charge in [-0.3, -0.25) is 4.98 Å². The van der Waals surface area contributed by atoms with E-state index in [9.17, 15) is 22.0 Å². The molecule has 0 saturated carbocycles. The number of alkyl halides is 5. The van der Waals surface area contributed by atoms with E-state index in [2.05, 4.69) is 4.98 Å². The summed E-state index contributed by atoms with van der Waals surface area (Å²) in [6, 6.07) is 0. The van der Waals surface area contributed by atoms with Gasteiger partial charge >= 0.3 is 6.18 Å². The molecule has 1 heterocycles. The number of aromatic nitrogens is 1. The third kappa shape index (κ3) is 2.68. The highest BCUT2D eigenvalue weighted by atomic mass is 127. The van der Waals surface area contributed by atoms with Crippen molar-refractivity contribution in [3.63, 3.8) is 0 Å². The number of rotatable bonds is 1. The Labute approximate surface area is 99.8 Å². The van der Waals surface area contributed by atoms with Crippen LogP contribution in [0.25, 0.3) is 0 Å². The lowest BCUT2D eigenvalue weighted by molar-refractivity contribution is -0.138. The molecule has 0 aliphatic carbocycles. The Morgan fingerprint density at radius 2 is 1.87 bits per heavy atom. The second-order valence-corrected chi connectivity index (χ2v) is 3.96. The fourth-order valence-electron chi connectivity index (χ4n) is 0.892. The number of pyridine rings is 1. The molecule has 0 aliphatic heterocycles. The zero-order chi connectivity index (χ0) is 11.8. The molecule has 0 fully saturated rings. The zero-order valence-corrected chi connectivity index (χ0v) is 9.66. The Morgan fingerprint density at radius 1 is 1.33 bits per heavy atom. The summed E-state index contributed by atoms with van der Waals surface area (Å²) in [5.74, 6) is 0. The molecule has 15 heavy (non-hydrogen) atoms. The van der Waals surface area contributed by atoms with Crippen molar-refractivity contribution in [3.8, 4) is 0 Å². The number of nitrogens with zero attached hydrogens (tertiary/aromatic N) is 1. The Hall–Kier alpha value is -0.180. The molecule has 0 aliphatic rings. The molecule has 84 valence electrons. The van der Waals surface area contributed by atoms with E-state index in [0.717, 1.165) is 22.6 Å². The first-order valence-electron chi connectivity index (χ1n) is 3.44. The van der Waals surface area contributed by atoms with Crippen molar-refractivity contribution in [2.45, 2.75) is 12.6 Å². The smallest absolute Gasteiger partial charge is 0.253 e. The summed E-state index contributed by atoms with van der Waals surface area (Å²) < 4.78 is 61.0. The van der Waals surface area contributed by atoms with Crippen molar-refractivity contribution in [2.24, 2.45) is 0 Å². The third-order valence-electron chi connectivity index (χ3n) is 1.49. The minimum Gasteiger partial charge on any atom is -0.253 e. The van der Waals surface area contributed by atoms with E-state index in [1.807, 2.05) is 0 Å². The average molecular weight is 357 g/mol. The minimum absolute atomic E-state index is 0.577. The van der Waals surface area contributed by atoms with Crippen molar-refractivity contribution >= 4 is 34.2 Å². The van der Waals surface area contributed by atoms with Gasteiger partial charge in [0.2, 0.25) is 0 Å². The number of hydrogen-bond acceptors (Lipinski definition) is 1. The Balaban J connectivity index is 3.44. The highest BCUT2D eigenvalue weighted by Crippen LogP contribution is 2.40. The van der Waals surface area contributed by atoms with Crippen LogP contribution in [0.4, 0.5) is 22.0 Å². The first-order valence-corrected chi connectivity index (χ1v) is 4.90. The normalized spacial score (nSPS) is 12.3. The van der Waals surface area contributed by atoms with Gasteiger partial charge in [-0.05, 0) is 22.6 Å². The standard InChI is InChI=1S/C7H2ClF5IN/c8-2-1-15-5(6(9)10)4(14)3(2)7(11,12)13/h1,6H. The fraction of sp³-hybridized carbons (Fsp3) is 0.286. The molecule has 0 N–H and O–H groups in total. The number of halogens is 7. The largest absolute Gasteiger partial charge is 0.418 e. The van der Waals surface area contributed by atoms with Gasteiger partial charge in [0.15, 0.2) is 0 Å². The zero-order valence-electron chi connectivity index (χ0n) is 6.75. The molecule has 1 nitrogen and oxygen atoms in total. The second kappa shape index (κ2) is 4.36. The van der Waals surface area contributed by atoms with Crippen LogP contribution in [-0.2, 0) is 6.18 Å². The van der Waals surface area contributed by atoms with Gasteiger partial charge in [0.05, 0.1) is 14.2 Å². The van der Waals surface area contributed by atoms with Gasteiger partial charge in [-0.15, -0.1) is 0 Å². The molecule has 1 aromatic heterocycles. The van der Waals surface area contributed by atoms with Gasteiger partial charge < -0.3 is 0 Å². The van der Waals surface area contributed by atoms with Crippen LogP contribution in [0.3, 0.4) is 0 Å². The summed E-state index contributed by atoms with van der Waals surface area (Å²) in [6.07, 6.45) is -7.25. The lowest BCUT2D eigenvalue weighted by Crippen LogP contribution is -2.12. The van der Waals surface area contributed by atoms with E-state index in [1.165, 1.54) is 0 Å². The highest BCUT2D eigenvalue weighted by molar-refractivity contribution is 14.1. The molecule has 0 aromatic carbocycles. The maximum atomic E-state index is 12.4. The van der Waals surface area contributed by atoms with Gasteiger partial charge in [-0.1, -0.05) is 11.6 Å². The van der Waals surface area contributed by atoms with Crippen LogP contribution in [-0.4, -0.2) is 4.98 Å². The van der Waals surface area contributed by atoms with Crippen LogP contribution in [0.5, 0.6) is 0 Å². The maximum absolute atomic E-state index is 12.4. The first kappa shape index (κ1) is 12.9. The lowest BCUT2D eigenvalue weighted by Gasteiger charge is -2.13. The predicted octanol–water partition coefficient (Wildman–Crippen LogP) is 4.30. The van der Waals surface area contributed by atoms with Gasteiger partial charge in [-0.2, -0.15) is 13.2 Å². The molecule has 0 bridgehead atoms. The van der Waals surface area contributed by atoms with E-state index in [4.69, 9.17) is 11.6 Å². The maximum Gasteiger partial charge on any atom is 0.418 e. The van der Waals surface area contributed by atoms with E-state index in [1.54, 1.807) is 0 Å². The molecule has 0 atom stereocenters. The molecule has 1 aromatic rings. The van der Waals surface area contributed by atoms with Crippen molar-refractivity contribution in [3.05, 3.63) is 26.0 Å². The summed E-state index contributed by atoms with van der Waals surface area (Å²) in [5, 5.41) is -0.684. The summed E-state index contributed by atoms with van der Waals surface area (Å²) >= 11 is 6.42. The van der Waals surface area contributed by atoms with Crippen molar-refractivity contribution in [1.82, 2.24) is 4.98 Å². The average Bonchev–Trinajstić information content (AvgIpc) is 2.00. The van der Waals surface area contributed by atoms with Crippen LogP contribution < -0.4 is 0 Å². The summed E-state index contributed by atoms with van der Waals surface area (Å²) in [5.41, 5.74) is -2.18. The van der Waals surface area contributed by atoms with Crippen molar-refractivity contribution in [1.29, 1.82) is 0 Å². The quantitative estimate of drug-likeness (QED) is 0.540. The monoisotopic (exact) mass is 357 g/mol. The van der Waals surface area contributed by atoms with Gasteiger partial charge in [0.1, 0.15) is 5.69 Å². The van der Waals surface area contributed by atoms with Gasteiger partial charge in [0.25, 0.3) is 6.43 Å². The molecule has 0 unspecified atom stereocenters. The van der Waals surface area contributed by atoms with Crippen LogP contribution in [0.1, 0.15) is 17.7 Å². The molecule has 0 amide bonds. The Kier molecular flexibility index (Phi) is 3.75. The van der Waals surface area contributed by atoms with E-state index in [-0.39, 0.29) is 0 Å². The molecule has 8 heteroatoms. The minimum atomic E-state index is -4.76.